The molecule has 1 aliphatic rings. The Hall–Kier alpha value is -1.42. The lowest BCUT2D eigenvalue weighted by atomic mass is 10.2. The monoisotopic (exact) mass is 233 g/mol. The fourth-order valence-corrected chi connectivity index (χ4v) is 2.34. The van der Waals surface area contributed by atoms with Crippen molar-refractivity contribution in [3.05, 3.63) is 29.6 Å². The van der Waals surface area contributed by atoms with E-state index in [1.54, 1.807) is 19.0 Å². The van der Waals surface area contributed by atoms with E-state index in [0.29, 0.717) is 0 Å². The summed E-state index contributed by atoms with van der Waals surface area (Å²) in [5.74, 6) is 0.106. The van der Waals surface area contributed by atoms with Crippen LogP contribution in [-0.4, -0.2) is 35.9 Å². The van der Waals surface area contributed by atoms with Crippen molar-refractivity contribution in [2.24, 2.45) is 0 Å². The number of fused-ring (bicyclic) bond motifs is 1. The predicted molar refractivity (Wildman–Crippen MR) is 66.6 cm³/mol. The number of carbonyl (C=O) groups is 1. The summed E-state index contributed by atoms with van der Waals surface area (Å²) in [7, 11) is 3.56. The van der Waals surface area contributed by atoms with Gasteiger partial charge < -0.3 is 4.90 Å². The molecule has 1 amide bonds. The maximum absolute atomic E-state index is 11.8. The number of nitrogens with one attached hydrogen (secondary N) is 1. The zero-order valence-corrected chi connectivity index (χ0v) is 10.6. The number of aromatic nitrogens is 1. The second-order valence-corrected chi connectivity index (χ2v) is 4.76. The van der Waals surface area contributed by atoms with Crippen molar-refractivity contribution in [1.29, 1.82) is 0 Å². The molecular formula is C13H19N3O. The lowest BCUT2D eigenvalue weighted by Crippen LogP contribution is -2.42. The van der Waals surface area contributed by atoms with E-state index in [1.807, 2.05) is 19.2 Å². The molecule has 1 aromatic rings. The molecule has 4 heteroatoms. The number of carbonyl (C=O) groups excluding carboxylic acids is 1. The fourth-order valence-electron chi connectivity index (χ4n) is 2.34. The minimum atomic E-state index is -0.164. The van der Waals surface area contributed by atoms with Crippen LogP contribution in [0.3, 0.4) is 0 Å². The highest BCUT2D eigenvalue weighted by atomic mass is 16.2. The molecule has 0 bridgehead atoms. The van der Waals surface area contributed by atoms with E-state index in [2.05, 4.69) is 16.4 Å². The van der Waals surface area contributed by atoms with Gasteiger partial charge in [-0.2, -0.15) is 0 Å². The van der Waals surface area contributed by atoms with Gasteiger partial charge in [-0.15, -0.1) is 0 Å². The van der Waals surface area contributed by atoms with Gasteiger partial charge >= 0.3 is 0 Å². The quantitative estimate of drug-likeness (QED) is 0.851. The zero-order valence-electron chi connectivity index (χ0n) is 10.6. The number of aryl methyl sites for hydroxylation is 1. The van der Waals surface area contributed by atoms with Gasteiger partial charge in [0.15, 0.2) is 0 Å². The molecule has 1 heterocycles. The van der Waals surface area contributed by atoms with Crippen LogP contribution < -0.4 is 5.32 Å². The average Bonchev–Trinajstić information content (AvgIpc) is 2.71. The molecule has 0 saturated carbocycles. The van der Waals surface area contributed by atoms with E-state index in [1.165, 1.54) is 5.56 Å². The number of hydrogen-bond donors (Lipinski definition) is 1. The van der Waals surface area contributed by atoms with Crippen LogP contribution in [0.15, 0.2) is 18.3 Å². The Bertz CT molecular complexity index is 417. The molecular weight excluding hydrogens is 214 g/mol. The van der Waals surface area contributed by atoms with Gasteiger partial charge in [-0.3, -0.25) is 15.1 Å². The summed E-state index contributed by atoms with van der Waals surface area (Å²) in [5.41, 5.74) is 2.40. The van der Waals surface area contributed by atoms with Crippen LogP contribution in [0.1, 0.15) is 30.6 Å². The molecule has 1 N–H and O–H groups in total. The largest absolute Gasteiger partial charge is 0.347 e. The van der Waals surface area contributed by atoms with E-state index in [4.69, 9.17) is 0 Å². The molecule has 2 unspecified atom stereocenters. The van der Waals surface area contributed by atoms with Gasteiger partial charge in [-0.25, -0.2) is 0 Å². The van der Waals surface area contributed by atoms with Gasteiger partial charge in [-0.05, 0) is 31.4 Å². The van der Waals surface area contributed by atoms with Crippen molar-refractivity contribution >= 4 is 5.91 Å². The van der Waals surface area contributed by atoms with Crippen LogP contribution in [0.25, 0.3) is 0 Å². The zero-order chi connectivity index (χ0) is 12.4. The summed E-state index contributed by atoms with van der Waals surface area (Å²) in [4.78, 5) is 17.8. The summed E-state index contributed by atoms with van der Waals surface area (Å²) >= 11 is 0. The Labute approximate surface area is 102 Å². The van der Waals surface area contributed by atoms with E-state index >= 15 is 0 Å². The van der Waals surface area contributed by atoms with E-state index in [-0.39, 0.29) is 18.0 Å². The first-order chi connectivity index (χ1) is 8.09. The third kappa shape index (κ3) is 2.47. The van der Waals surface area contributed by atoms with Crippen LogP contribution in [0.4, 0.5) is 0 Å². The first kappa shape index (κ1) is 12.0. The molecule has 1 aromatic heterocycles. The van der Waals surface area contributed by atoms with Crippen LogP contribution in [0, 0.1) is 0 Å². The Morgan fingerprint density at radius 1 is 1.59 bits per heavy atom. The van der Waals surface area contributed by atoms with Crippen LogP contribution in [0.5, 0.6) is 0 Å². The van der Waals surface area contributed by atoms with Crippen molar-refractivity contribution < 1.29 is 4.79 Å². The summed E-state index contributed by atoms with van der Waals surface area (Å²) < 4.78 is 0. The molecule has 2 rings (SSSR count). The van der Waals surface area contributed by atoms with Crippen molar-refractivity contribution in [3.8, 4) is 0 Å². The van der Waals surface area contributed by atoms with Crippen molar-refractivity contribution in [1.82, 2.24) is 15.2 Å². The van der Waals surface area contributed by atoms with Gasteiger partial charge in [0.2, 0.25) is 5.91 Å². The first-order valence-electron chi connectivity index (χ1n) is 6.00. The molecule has 0 spiro atoms. The SMILES string of the molecule is CC(NC1CCc2cccnc21)C(=O)N(C)C. The van der Waals surface area contributed by atoms with Crippen LogP contribution >= 0.6 is 0 Å². The van der Waals surface area contributed by atoms with Crippen LogP contribution in [-0.2, 0) is 11.2 Å². The fraction of sp³-hybridized carbons (Fsp3) is 0.538. The Balaban J connectivity index is 2.05. The second-order valence-electron chi connectivity index (χ2n) is 4.76. The summed E-state index contributed by atoms with van der Waals surface area (Å²) in [5, 5.41) is 3.36. The summed E-state index contributed by atoms with van der Waals surface area (Å²) in [6.45, 7) is 1.91. The molecule has 0 saturated heterocycles. The number of rotatable bonds is 3. The summed E-state index contributed by atoms with van der Waals surface area (Å²) in [6.07, 6.45) is 3.89. The first-order valence-corrected chi connectivity index (χ1v) is 6.00. The molecule has 4 nitrogen and oxygen atoms in total. The number of amides is 1. The smallest absolute Gasteiger partial charge is 0.238 e. The van der Waals surface area contributed by atoms with E-state index in [0.717, 1.165) is 18.5 Å². The molecule has 2 atom stereocenters. The highest BCUT2D eigenvalue weighted by molar-refractivity contribution is 5.80. The van der Waals surface area contributed by atoms with Crippen molar-refractivity contribution in [2.45, 2.75) is 31.8 Å². The van der Waals surface area contributed by atoms with Gasteiger partial charge in [-0.1, -0.05) is 6.07 Å². The third-order valence-corrected chi connectivity index (χ3v) is 3.22. The highest BCUT2D eigenvalue weighted by Crippen LogP contribution is 2.29. The normalized spacial score (nSPS) is 19.8. The Morgan fingerprint density at radius 3 is 3.06 bits per heavy atom. The standard InChI is InChI=1S/C13H19N3O/c1-9(13(17)16(2)3)15-11-7-6-10-5-4-8-14-12(10)11/h4-5,8-9,11,15H,6-7H2,1-3H3. The van der Waals surface area contributed by atoms with E-state index in [9.17, 15) is 4.79 Å². The number of nitrogens with zero attached hydrogens (tertiary/aromatic N) is 2. The second kappa shape index (κ2) is 4.84. The molecule has 0 aromatic carbocycles. The Morgan fingerprint density at radius 2 is 2.35 bits per heavy atom. The molecule has 92 valence electrons. The lowest BCUT2D eigenvalue weighted by Gasteiger charge is -2.21. The van der Waals surface area contributed by atoms with Gasteiger partial charge in [0.1, 0.15) is 0 Å². The van der Waals surface area contributed by atoms with Gasteiger partial charge in [0.05, 0.1) is 17.8 Å². The maximum atomic E-state index is 11.8. The average molecular weight is 233 g/mol. The number of likely N-dealkylation sites (N-methyl/N-ethyl adjacent to an activating group) is 1. The minimum absolute atomic E-state index is 0.106. The summed E-state index contributed by atoms with van der Waals surface area (Å²) in [6, 6.07) is 4.13. The minimum Gasteiger partial charge on any atom is -0.347 e. The maximum Gasteiger partial charge on any atom is 0.238 e. The molecule has 0 radical (unpaired) electrons. The lowest BCUT2D eigenvalue weighted by molar-refractivity contribution is -0.130. The molecule has 17 heavy (non-hydrogen) atoms. The highest BCUT2D eigenvalue weighted by Gasteiger charge is 2.26. The third-order valence-electron chi connectivity index (χ3n) is 3.22. The van der Waals surface area contributed by atoms with Gasteiger partial charge in [0, 0.05) is 20.3 Å². The van der Waals surface area contributed by atoms with Crippen molar-refractivity contribution in [2.75, 3.05) is 14.1 Å². The van der Waals surface area contributed by atoms with E-state index < -0.39 is 0 Å². The number of hydrogen-bond acceptors (Lipinski definition) is 3. The number of pyridine rings is 1. The Kier molecular flexibility index (Phi) is 3.43. The molecule has 1 aliphatic carbocycles. The topological polar surface area (TPSA) is 45.2 Å². The molecule has 0 fully saturated rings. The molecule has 0 aliphatic heterocycles. The van der Waals surface area contributed by atoms with Gasteiger partial charge in [0.25, 0.3) is 0 Å². The predicted octanol–water partition coefficient (Wildman–Crippen LogP) is 1.14. The van der Waals surface area contributed by atoms with Crippen molar-refractivity contribution in [3.63, 3.8) is 0 Å². The van der Waals surface area contributed by atoms with Crippen LogP contribution in [0.2, 0.25) is 0 Å².